The molecule has 0 bridgehead atoms. The van der Waals surface area contributed by atoms with Crippen molar-refractivity contribution >= 4 is 11.8 Å². The van der Waals surface area contributed by atoms with E-state index in [9.17, 15) is 13.9 Å². The molecule has 0 saturated carbocycles. The fourth-order valence-electron chi connectivity index (χ4n) is 1.89. The van der Waals surface area contributed by atoms with Crippen molar-refractivity contribution in [3.63, 3.8) is 0 Å². The van der Waals surface area contributed by atoms with E-state index in [2.05, 4.69) is 5.32 Å². The first-order chi connectivity index (χ1) is 9.00. The lowest BCUT2D eigenvalue weighted by Crippen LogP contribution is -2.45. The van der Waals surface area contributed by atoms with Crippen LogP contribution in [-0.4, -0.2) is 29.5 Å². The number of aliphatic hydroxyl groups excluding tert-OH is 1. The van der Waals surface area contributed by atoms with Crippen molar-refractivity contribution in [2.75, 3.05) is 18.9 Å². The number of nitrogens with one attached hydrogen (secondary N) is 1. The number of aliphatic hydroxyl groups is 1. The van der Waals surface area contributed by atoms with Crippen molar-refractivity contribution < 1.29 is 13.9 Å². The Labute approximate surface area is 117 Å². The van der Waals surface area contributed by atoms with Gasteiger partial charge in [0.2, 0.25) is 0 Å². The molecule has 108 valence electrons. The van der Waals surface area contributed by atoms with E-state index in [1.165, 1.54) is 23.9 Å². The van der Waals surface area contributed by atoms with E-state index in [0.29, 0.717) is 4.90 Å². The van der Waals surface area contributed by atoms with Crippen molar-refractivity contribution in [2.24, 2.45) is 0 Å². The first-order valence-corrected chi connectivity index (χ1v) is 7.43. The number of thioether (sulfide) groups is 1. The van der Waals surface area contributed by atoms with Gasteiger partial charge in [-0.25, -0.2) is 8.78 Å². The molecule has 2 N–H and O–H groups in total. The molecule has 1 atom stereocenters. The van der Waals surface area contributed by atoms with Crippen molar-refractivity contribution in [2.45, 2.75) is 37.1 Å². The molecule has 1 aromatic rings. The average Bonchev–Trinajstić information content (AvgIpc) is 2.37. The fraction of sp³-hybridized carbons (Fsp3) is 0.571. The summed E-state index contributed by atoms with van der Waals surface area (Å²) in [5, 5.41) is 12.6. The van der Waals surface area contributed by atoms with Gasteiger partial charge in [0.25, 0.3) is 0 Å². The molecule has 0 amide bonds. The van der Waals surface area contributed by atoms with Crippen LogP contribution in [0.3, 0.4) is 0 Å². The SMILES string of the molecule is CCNC(C)(CO)CCCSc1ccc(F)cc1F. The second-order valence-electron chi connectivity index (χ2n) is 4.78. The molecular formula is C14H21F2NOS. The number of halogens is 2. The van der Waals surface area contributed by atoms with E-state index in [1.54, 1.807) is 0 Å². The minimum Gasteiger partial charge on any atom is -0.394 e. The molecule has 0 aromatic heterocycles. The molecule has 0 fully saturated rings. The molecule has 0 heterocycles. The van der Waals surface area contributed by atoms with E-state index in [-0.39, 0.29) is 12.1 Å². The summed E-state index contributed by atoms with van der Waals surface area (Å²) in [6.45, 7) is 4.85. The highest BCUT2D eigenvalue weighted by molar-refractivity contribution is 7.99. The van der Waals surface area contributed by atoms with Crippen LogP contribution < -0.4 is 5.32 Å². The summed E-state index contributed by atoms with van der Waals surface area (Å²) in [6, 6.07) is 3.63. The minimum absolute atomic E-state index is 0.0798. The Bertz CT molecular complexity index is 403. The largest absolute Gasteiger partial charge is 0.394 e. The van der Waals surface area contributed by atoms with Crippen LogP contribution in [0.5, 0.6) is 0 Å². The van der Waals surface area contributed by atoms with E-state index in [4.69, 9.17) is 0 Å². The van der Waals surface area contributed by atoms with Crippen LogP contribution >= 0.6 is 11.8 Å². The van der Waals surface area contributed by atoms with Crippen LogP contribution in [0.25, 0.3) is 0 Å². The maximum Gasteiger partial charge on any atom is 0.139 e. The van der Waals surface area contributed by atoms with Gasteiger partial charge in [0, 0.05) is 16.5 Å². The molecule has 0 saturated heterocycles. The van der Waals surface area contributed by atoms with Gasteiger partial charge in [-0.2, -0.15) is 0 Å². The van der Waals surface area contributed by atoms with Crippen LogP contribution in [0.4, 0.5) is 8.78 Å². The van der Waals surface area contributed by atoms with E-state index in [0.717, 1.165) is 31.2 Å². The van der Waals surface area contributed by atoms with Crippen LogP contribution in [0.15, 0.2) is 23.1 Å². The Morgan fingerprint density at radius 1 is 1.37 bits per heavy atom. The van der Waals surface area contributed by atoms with E-state index < -0.39 is 11.6 Å². The Morgan fingerprint density at radius 2 is 2.11 bits per heavy atom. The molecule has 0 radical (unpaired) electrons. The monoisotopic (exact) mass is 289 g/mol. The summed E-state index contributed by atoms with van der Waals surface area (Å²) >= 11 is 1.37. The van der Waals surface area contributed by atoms with Gasteiger partial charge in [-0.15, -0.1) is 11.8 Å². The highest BCUT2D eigenvalue weighted by Gasteiger charge is 2.20. The topological polar surface area (TPSA) is 32.3 Å². The summed E-state index contributed by atoms with van der Waals surface area (Å²) in [5.74, 6) is -0.327. The second kappa shape index (κ2) is 7.82. The van der Waals surface area contributed by atoms with Gasteiger partial charge in [-0.05, 0) is 44.2 Å². The lowest BCUT2D eigenvalue weighted by Gasteiger charge is -2.28. The number of hydrogen-bond donors (Lipinski definition) is 2. The summed E-state index contributed by atoms with van der Waals surface area (Å²) in [4.78, 5) is 0.468. The minimum atomic E-state index is -0.554. The lowest BCUT2D eigenvalue weighted by molar-refractivity contribution is 0.167. The van der Waals surface area contributed by atoms with Crippen LogP contribution in [-0.2, 0) is 0 Å². The number of hydrogen-bond acceptors (Lipinski definition) is 3. The van der Waals surface area contributed by atoms with Crippen molar-refractivity contribution in [1.82, 2.24) is 5.32 Å². The van der Waals surface area contributed by atoms with Crippen molar-refractivity contribution in [1.29, 1.82) is 0 Å². The number of rotatable bonds is 8. The first kappa shape index (κ1) is 16.4. The summed E-state index contributed by atoms with van der Waals surface area (Å²) in [7, 11) is 0. The Morgan fingerprint density at radius 3 is 2.68 bits per heavy atom. The first-order valence-electron chi connectivity index (χ1n) is 6.44. The average molecular weight is 289 g/mol. The molecule has 19 heavy (non-hydrogen) atoms. The van der Waals surface area contributed by atoms with Gasteiger partial charge >= 0.3 is 0 Å². The zero-order valence-corrected chi connectivity index (χ0v) is 12.2. The molecule has 5 heteroatoms. The zero-order chi connectivity index (χ0) is 14.3. The van der Waals surface area contributed by atoms with Crippen LogP contribution in [0.2, 0.25) is 0 Å². The van der Waals surface area contributed by atoms with Gasteiger partial charge in [0.15, 0.2) is 0 Å². The van der Waals surface area contributed by atoms with Crippen LogP contribution in [0.1, 0.15) is 26.7 Å². The molecule has 1 aromatic carbocycles. The predicted molar refractivity (Wildman–Crippen MR) is 75.5 cm³/mol. The quantitative estimate of drug-likeness (QED) is 0.569. The third-order valence-electron chi connectivity index (χ3n) is 2.98. The van der Waals surface area contributed by atoms with Gasteiger partial charge in [-0.1, -0.05) is 6.92 Å². The van der Waals surface area contributed by atoms with Crippen molar-refractivity contribution in [3.8, 4) is 0 Å². The Kier molecular flexibility index (Phi) is 6.75. The Balaban J connectivity index is 2.38. The highest BCUT2D eigenvalue weighted by atomic mass is 32.2. The maximum absolute atomic E-state index is 13.4. The second-order valence-corrected chi connectivity index (χ2v) is 5.91. The molecular weight excluding hydrogens is 268 g/mol. The summed E-state index contributed by atoms with van der Waals surface area (Å²) in [5.41, 5.74) is -0.281. The zero-order valence-electron chi connectivity index (χ0n) is 11.4. The predicted octanol–water partition coefficient (Wildman–Crippen LogP) is 3.20. The smallest absolute Gasteiger partial charge is 0.139 e. The van der Waals surface area contributed by atoms with E-state index >= 15 is 0 Å². The van der Waals surface area contributed by atoms with Gasteiger partial charge in [-0.3, -0.25) is 0 Å². The summed E-state index contributed by atoms with van der Waals surface area (Å²) in [6.07, 6.45) is 1.67. The molecule has 0 aliphatic rings. The Hall–Kier alpha value is -0.650. The molecule has 1 rings (SSSR count). The number of likely N-dealkylation sites (N-methyl/N-ethyl adjacent to an activating group) is 1. The van der Waals surface area contributed by atoms with E-state index in [1.807, 2.05) is 13.8 Å². The standard InChI is InChI=1S/C14H21F2NOS/c1-3-17-14(2,10-18)7-4-8-19-13-6-5-11(15)9-12(13)16/h5-6,9,17-18H,3-4,7-8,10H2,1-2H3. The lowest BCUT2D eigenvalue weighted by atomic mass is 9.97. The van der Waals surface area contributed by atoms with Gasteiger partial charge in [0.1, 0.15) is 11.6 Å². The van der Waals surface area contributed by atoms with Crippen molar-refractivity contribution in [3.05, 3.63) is 29.8 Å². The van der Waals surface area contributed by atoms with Gasteiger partial charge < -0.3 is 10.4 Å². The fourth-order valence-corrected chi connectivity index (χ4v) is 2.76. The summed E-state index contributed by atoms with van der Waals surface area (Å²) < 4.78 is 26.1. The highest BCUT2D eigenvalue weighted by Crippen LogP contribution is 2.24. The normalized spacial score (nSPS) is 14.4. The number of benzene rings is 1. The molecule has 0 aliphatic heterocycles. The van der Waals surface area contributed by atoms with Gasteiger partial charge in [0.05, 0.1) is 6.61 Å². The molecule has 1 unspecified atom stereocenters. The molecule has 0 spiro atoms. The molecule has 0 aliphatic carbocycles. The third-order valence-corrected chi connectivity index (χ3v) is 4.11. The third kappa shape index (κ3) is 5.47. The molecule has 2 nitrogen and oxygen atoms in total. The van der Waals surface area contributed by atoms with Crippen LogP contribution in [0, 0.1) is 11.6 Å². The maximum atomic E-state index is 13.4.